The first-order valence-electron chi connectivity index (χ1n) is 8.17. The van der Waals surface area contributed by atoms with Gasteiger partial charge in [0.2, 0.25) is 5.82 Å². The topological polar surface area (TPSA) is 86.8 Å². The molecule has 0 aromatic carbocycles. The van der Waals surface area contributed by atoms with Gasteiger partial charge in [-0.1, -0.05) is 5.16 Å². The summed E-state index contributed by atoms with van der Waals surface area (Å²) < 4.78 is 37.3. The molecular formula is C19H13F2N5O2. The molecule has 4 aromatic heterocycles. The zero-order chi connectivity index (χ0) is 19.7. The van der Waals surface area contributed by atoms with E-state index in [2.05, 4.69) is 25.1 Å². The third kappa shape index (κ3) is 3.29. The van der Waals surface area contributed by atoms with Crippen LogP contribution < -0.4 is 4.74 Å². The van der Waals surface area contributed by atoms with E-state index in [1.54, 1.807) is 13.0 Å². The number of rotatable bonds is 4. The van der Waals surface area contributed by atoms with E-state index in [0.29, 0.717) is 34.0 Å². The number of nitrogens with zero attached hydrogens (tertiary/aromatic N) is 5. The number of ether oxygens (including phenoxy) is 1. The van der Waals surface area contributed by atoms with Crippen LogP contribution in [0.5, 0.6) is 5.75 Å². The Bertz CT molecular complexity index is 1150. The number of halogens is 2. The second-order valence-corrected chi connectivity index (χ2v) is 5.85. The summed E-state index contributed by atoms with van der Waals surface area (Å²) in [6, 6.07) is 5.69. The molecule has 0 fully saturated rings. The van der Waals surface area contributed by atoms with Crippen LogP contribution in [0.4, 0.5) is 8.78 Å². The molecule has 0 amide bonds. The van der Waals surface area contributed by atoms with Crippen LogP contribution >= 0.6 is 0 Å². The highest BCUT2D eigenvalue weighted by atomic mass is 19.1. The van der Waals surface area contributed by atoms with Crippen LogP contribution in [-0.2, 0) is 0 Å². The van der Waals surface area contributed by atoms with Crippen molar-refractivity contribution in [2.75, 3.05) is 7.11 Å². The lowest BCUT2D eigenvalue weighted by Crippen LogP contribution is -1.98. The predicted octanol–water partition coefficient (Wildman–Crippen LogP) is 3.85. The van der Waals surface area contributed by atoms with E-state index in [-0.39, 0.29) is 11.7 Å². The maximum absolute atomic E-state index is 13.6. The molecule has 4 aromatic rings. The second-order valence-electron chi connectivity index (χ2n) is 5.85. The van der Waals surface area contributed by atoms with Crippen LogP contribution in [0.1, 0.15) is 5.69 Å². The van der Waals surface area contributed by atoms with Crippen molar-refractivity contribution >= 4 is 0 Å². The molecule has 0 N–H and O–H groups in total. The van der Waals surface area contributed by atoms with Crippen LogP contribution in [0, 0.1) is 18.6 Å². The van der Waals surface area contributed by atoms with E-state index in [1.807, 2.05) is 0 Å². The molecule has 0 spiro atoms. The fourth-order valence-corrected chi connectivity index (χ4v) is 2.74. The van der Waals surface area contributed by atoms with Crippen LogP contribution in [0.3, 0.4) is 0 Å². The van der Waals surface area contributed by atoms with Crippen LogP contribution in [0.15, 0.2) is 47.4 Å². The average molecular weight is 381 g/mol. The summed E-state index contributed by atoms with van der Waals surface area (Å²) in [6.45, 7) is 1.75. The van der Waals surface area contributed by atoms with Crippen molar-refractivity contribution in [1.82, 2.24) is 25.1 Å². The summed E-state index contributed by atoms with van der Waals surface area (Å²) >= 11 is 0. The van der Waals surface area contributed by atoms with Gasteiger partial charge in [-0.2, -0.15) is 4.98 Å². The van der Waals surface area contributed by atoms with E-state index in [0.717, 1.165) is 12.4 Å². The van der Waals surface area contributed by atoms with E-state index in [9.17, 15) is 8.78 Å². The Kier molecular flexibility index (Phi) is 4.48. The molecule has 0 saturated carbocycles. The Morgan fingerprint density at radius 3 is 2.54 bits per heavy atom. The molecule has 0 radical (unpaired) electrons. The SMILES string of the molecule is COc1c(-c2cncc(F)c2)cc(-c2noc(-c3ccc(F)cn3)n2)nc1C. The Balaban J connectivity index is 1.80. The number of hydrogen-bond acceptors (Lipinski definition) is 7. The molecule has 0 saturated heterocycles. The minimum absolute atomic E-state index is 0.124. The minimum Gasteiger partial charge on any atom is -0.494 e. The first kappa shape index (κ1) is 17.7. The van der Waals surface area contributed by atoms with Gasteiger partial charge >= 0.3 is 0 Å². The molecule has 4 rings (SSSR count). The molecule has 0 unspecified atom stereocenters. The number of pyridine rings is 3. The molecule has 9 heteroatoms. The van der Waals surface area contributed by atoms with Gasteiger partial charge in [0.1, 0.15) is 28.8 Å². The Morgan fingerprint density at radius 2 is 1.82 bits per heavy atom. The van der Waals surface area contributed by atoms with Crippen molar-refractivity contribution in [2.24, 2.45) is 0 Å². The zero-order valence-electron chi connectivity index (χ0n) is 14.8. The summed E-state index contributed by atoms with van der Waals surface area (Å²) in [5, 5.41) is 3.92. The summed E-state index contributed by atoms with van der Waals surface area (Å²) in [4.78, 5) is 16.5. The fraction of sp³-hybridized carbons (Fsp3) is 0.105. The highest BCUT2D eigenvalue weighted by Gasteiger charge is 2.18. The summed E-state index contributed by atoms with van der Waals surface area (Å²) in [6.07, 6.45) is 3.70. The maximum Gasteiger partial charge on any atom is 0.276 e. The van der Waals surface area contributed by atoms with Gasteiger partial charge in [-0.05, 0) is 31.2 Å². The maximum atomic E-state index is 13.6. The smallest absolute Gasteiger partial charge is 0.276 e. The van der Waals surface area contributed by atoms with E-state index < -0.39 is 11.6 Å². The number of methoxy groups -OCH3 is 1. The molecule has 0 aliphatic carbocycles. The van der Waals surface area contributed by atoms with Gasteiger partial charge in [0.15, 0.2) is 0 Å². The van der Waals surface area contributed by atoms with Gasteiger partial charge in [-0.3, -0.25) is 4.98 Å². The lowest BCUT2D eigenvalue weighted by molar-refractivity contribution is 0.411. The lowest BCUT2D eigenvalue weighted by Gasteiger charge is -2.12. The molecule has 28 heavy (non-hydrogen) atoms. The lowest BCUT2D eigenvalue weighted by atomic mass is 10.0. The molecule has 140 valence electrons. The Labute approximate surface area is 158 Å². The van der Waals surface area contributed by atoms with E-state index in [1.165, 1.54) is 31.5 Å². The van der Waals surface area contributed by atoms with Gasteiger partial charge in [0.25, 0.3) is 5.89 Å². The Hall–Kier alpha value is -3.75. The second kappa shape index (κ2) is 7.10. The predicted molar refractivity (Wildman–Crippen MR) is 95.2 cm³/mol. The van der Waals surface area contributed by atoms with Crippen molar-refractivity contribution in [2.45, 2.75) is 6.92 Å². The highest BCUT2D eigenvalue weighted by Crippen LogP contribution is 2.35. The average Bonchev–Trinajstić information content (AvgIpc) is 3.18. The van der Waals surface area contributed by atoms with Gasteiger partial charge in [-0.25, -0.2) is 18.7 Å². The standard InChI is InChI=1S/C19H13F2N5O2/c1-10-17(27-2)14(11-5-13(21)8-22-7-11)6-16(24-10)18-25-19(28-26-18)15-4-3-12(20)9-23-15/h3-9H,1-2H3. The highest BCUT2D eigenvalue weighted by molar-refractivity contribution is 5.75. The molecule has 4 heterocycles. The third-order valence-corrected chi connectivity index (χ3v) is 3.96. The largest absolute Gasteiger partial charge is 0.494 e. The van der Waals surface area contributed by atoms with Crippen molar-refractivity contribution in [3.63, 3.8) is 0 Å². The number of aryl methyl sites for hydroxylation is 1. The molecular weight excluding hydrogens is 368 g/mol. The Morgan fingerprint density at radius 1 is 0.964 bits per heavy atom. The number of aromatic nitrogens is 5. The molecule has 0 bridgehead atoms. The van der Waals surface area contributed by atoms with Crippen molar-refractivity contribution in [3.8, 4) is 40.0 Å². The summed E-state index contributed by atoms with van der Waals surface area (Å²) in [5.41, 5.74) is 2.40. The van der Waals surface area contributed by atoms with Gasteiger partial charge in [0.05, 0.1) is 25.2 Å². The minimum atomic E-state index is -0.472. The molecule has 0 aliphatic rings. The van der Waals surface area contributed by atoms with E-state index >= 15 is 0 Å². The molecule has 7 nitrogen and oxygen atoms in total. The van der Waals surface area contributed by atoms with Crippen molar-refractivity contribution in [3.05, 3.63) is 60.2 Å². The van der Waals surface area contributed by atoms with Crippen molar-refractivity contribution < 1.29 is 18.0 Å². The summed E-state index contributed by atoms with van der Waals surface area (Å²) in [7, 11) is 1.51. The first-order valence-corrected chi connectivity index (χ1v) is 8.17. The van der Waals surface area contributed by atoms with Gasteiger partial charge in [-0.15, -0.1) is 0 Å². The van der Waals surface area contributed by atoms with E-state index in [4.69, 9.17) is 9.26 Å². The quantitative estimate of drug-likeness (QED) is 0.531. The zero-order valence-corrected chi connectivity index (χ0v) is 14.8. The van der Waals surface area contributed by atoms with Crippen molar-refractivity contribution in [1.29, 1.82) is 0 Å². The molecule has 0 aliphatic heterocycles. The van der Waals surface area contributed by atoms with Crippen LogP contribution in [0.2, 0.25) is 0 Å². The van der Waals surface area contributed by atoms with Crippen LogP contribution in [-0.4, -0.2) is 32.2 Å². The first-order chi connectivity index (χ1) is 13.5. The van der Waals surface area contributed by atoms with Gasteiger partial charge in [0, 0.05) is 17.3 Å². The normalized spacial score (nSPS) is 10.9. The van der Waals surface area contributed by atoms with Crippen LogP contribution in [0.25, 0.3) is 34.2 Å². The monoisotopic (exact) mass is 381 g/mol. The number of hydrogen-bond donors (Lipinski definition) is 0. The van der Waals surface area contributed by atoms with Gasteiger partial charge < -0.3 is 9.26 Å². The third-order valence-electron chi connectivity index (χ3n) is 3.96. The molecule has 0 atom stereocenters. The fourth-order valence-electron chi connectivity index (χ4n) is 2.74. The summed E-state index contributed by atoms with van der Waals surface area (Å²) in [5.74, 6) is -0.124.